The number of hydrogen-bond donors (Lipinski definition) is 1. The fourth-order valence-corrected chi connectivity index (χ4v) is 4.33. The lowest BCUT2D eigenvalue weighted by atomic mass is 9.95. The minimum atomic E-state index is -0.0227. The minimum absolute atomic E-state index is 0.0145. The summed E-state index contributed by atoms with van der Waals surface area (Å²) in [4.78, 5) is 15.4. The molecule has 1 aromatic heterocycles. The molecule has 7 heteroatoms. The lowest BCUT2D eigenvalue weighted by Gasteiger charge is -2.43. The largest absolute Gasteiger partial charge is 0.379 e. The normalized spacial score (nSPS) is 19.2. The van der Waals surface area contributed by atoms with Gasteiger partial charge in [-0.3, -0.25) is 9.69 Å². The third kappa shape index (κ3) is 4.28. The summed E-state index contributed by atoms with van der Waals surface area (Å²) < 4.78 is 7.28. The highest BCUT2D eigenvalue weighted by Crippen LogP contribution is 2.32. The molecule has 0 aliphatic carbocycles. The van der Waals surface area contributed by atoms with Crippen LogP contribution in [0.15, 0.2) is 14.3 Å². The van der Waals surface area contributed by atoms with Gasteiger partial charge in [-0.1, -0.05) is 6.92 Å². The van der Waals surface area contributed by atoms with Crippen molar-refractivity contribution in [3.63, 3.8) is 0 Å². The van der Waals surface area contributed by atoms with Gasteiger partial charge < -0.3 is 10.1 Å². The van der Waals surface area contributed by atoms with Gasteiger partial charge in [0.25, 0.3) is 5.91 Å². The van der Waals surface area contributed by atoms with E-state index < -0.39 is 0 Å². The van der Waals surface area contributed by atoms with Gasteiger partial charge in [-0.05, 0) is 51.3 Å². The van der Waals surface area contributed by atoms with Crippen molar-refractivity contribution in [3.8, 4) is 0 Å². The van der Waals surface area contributed by atoms with Gasteiger partial charge in [-0.2, -0.15) is 0 Å². The number of nitrogens with zero attached hydrogens (tertiary/aromatic N) is 1. The molecular formula is C14H20Br2N2O2S. The number of carbonyl (C=O) groups excluding carboxylic acids is 1. The van der Waals surface area contributed by atoms with Crippen molar-refractivity contribution in [3.05, 3.63) is 19.2 Å². The predicted octanol–water partition coefficient (Wildman–Crippen LogP) is 3.50. The highest BCUT2D eigenvalue weighted by molar-refractivity contribution is 9.13. The Balaban J connectivity index is 1.97. The van der Waals surface area contributed by atoms with E-state index in [9.17, 15) is 4.79 Å². The number of amides is 1. The average molecular weight is 440 g/mol. The molecule has 0 aromatic carbocycles. The number of rotatable bonds is 5. The van der Waals surface area contributed by atoms with Gasteiger partial charge in [0.05, 0.1) is 21.9 Å². The van der Waals surface area contributed by atoms with Crippen LogP contribution in [0, 0.1) is 0 Å². The van der Waals surface area contributed by atoms with E-state index >= 15 is 0 Å². The van der Waals surface area contributed by atoms with Crippen molar-refractivity contribution in [2.45, 2.75) is 25.8 Å². The van der Waals surface area contributed by atoms with Gasteiger partial charge in [0.1, 0.15) is 0 Å². The number of ether oxygens (including phenoxy) is 1. The van der Waals surface area contributed by atoms with E-state index in [0.29, 0.717) is 11.4 Å². The van der Waals surface area contributed by atoms with Crippen molar-refractivity contribution in [2.75, 3.05) is 32.8 Å². The van der Waals surface area contributed by atoms with Crippen LogP contribution >= 0.6 is 43.2 Å². The smallest absolute Gasteiger partial charge is 0.261 e. The Hall–Kier alpha value is 0.0500. The van der Waals surface area contributed by atoms with Crippen LogP contribution in [0.1, 0.15) is 29.9 Å². The third-order valence-corrected chi connectivity index (χ3v) is 7.29. The Bertz CT molecular complexity index is 484. The summed E-state index contributed by atoms with van der Waals surface area (Å²) in [6, 6.07) is 1.85. The first-order valence-corrected chi connectivity index (χ1v) is 9.42. The molecule has 1 amide bonds. The van der Waals surface area contributed by atoms with E-state index in [2.05, 4.69) is 55.9 Å². The van der Waals surface area contributed by atoms with Crippen LogP contribution in [0.4, 0.5) is 0 Å². The van der Waals surface area contributed by atoms with Gasteiger partial charge >= 0.3 is 0 Å². The monoisotopic (exact) mass is 438 g/mol. The maximum absolute atomic E-state index is 12.3. The molecular weight excluding hydrogens is 420 g/mol. The van der Waals surface area contributed by atoms with Crippen molar-refractivity contribution >= 4 is 49.1 Å². The molecule has 1 atom stereocenters. The maximum atomic E-state index is 12.3. The Morgan fingerprint density at radius 3 is 2.67 bits per heavy atom. The van der Waals surface area contributed by atoms with E-state index in [0.717, 1.165) is 41.0 Å². The predicted molar refractivity (Wildman–Crippen MR) is 93.1 cm³/mol. The van der Waals surface area contributed by atoms with Gasteiger partial charge in [0.2, 0.25) is 0 Å². The summed E-state index contributed by atoms with van der Waals surface area (Å²) in [7, 11) is 0. The molecule has 1 aliphatic rings. The second-order valence-electron chi connectivity index (χ2n) is 5.36. The van der Waals surface area contributed by atoms with Crippen LogP contribution in [0.2, 0.25) is 0 Å². The molecule has 2 heterocycles. The zero-order chi connectivity index (χ0) is 15.5. The lowest BCUT2D eigenvalue weighted by Crippen LogP contribution is -2.56. The first-order chi connectivity index (χ1) is 9.96. The van der Waals surface area contributed by atoms with Crippen molar-refractivity contribution in [1.82, 2.24) is 10.2 Å². The minimum Gasteiger partial charge on any atom is -0.379 e. The number of hydrogen-bond acceptors (Lipinski definition) is 4. The van der Waals surface area contributed by atoms with E-state index in [1.807, 2.05) is 6.07 Å². The fourth-order valence-electron chi connectivity index (χ4n) is 2.38. The molecule has 2 rings (SSSR count). The van der Waals surface area contributed by atoms with Gasteiger partial charge in [0.15, 0.2) is 0 Å². The number of morpholine rings is 1. The molecule has 21 heavy (non-hydrogen) atoms. The maximum Gasteiger partial charge on any atom is 0.261 e. The molecule has 1 saturated heterocycles. The zero-order valence-corrected chi connectivity index (χ0v) is 16.2. The van der Waals surface area contributed by atoms with Crippen LogP contribution in [0.5, 0.6) is 0 Å². The number of halogens is 2. The molecule has 1 fully saturated rings. The van der Waals surface area contributed by atoms with Crippen LogP contribution in [-0.4, -0.2) is 49.2 Å². The van der Waals surface area contributed by atoms with Crippen molar-refractivity contribution < 1.29 is 9.53 Å². The van der Waals surface area contributed by atoms with Crippen molar-refractivity contribution in [2.24, 2.45) is 0 Å². The summed E-state index contributed by atoms with van der Waals surface area (Å²) in [5, 5.41) is 3.08. The number of thiophene rings is 1. The second-order valence-corrected chi connectivity index (χ2v) is 8.59. The van der Waals surface area contributed by atoms with Crippen molar-refractivity contribution in [1.29, 1.82) is 0 Å². The molecule has 1 aromatic rings. The topological polar surface area (TPSA) is 41.6 Å². The zero-order valence-electron chi connectivity index (χ0n) is 12.2. The Kier molecular flexibility index (Phi) is 6.25. The summed E-state index contributed by atoms with van der Waals surface area (Å²) in [6.45, 7) is 8.42. The molecule has 0 saturated carbocycles. The first kappa shape index (κ1) is 17.4. The number of carbonyl (C=O) groups is 1. The van der Waals surface area contributed by atoms with Crippen LogP contribution in [-0.2, 0) is 4.74 Å². The SMILES string of the molecule is CCC(C)(CNC(=O)c1cc(Br)c(Br)s1)N1CCOCC1. The Morgan fingerprint density at radius 1 is 1.48 bits per heavy atom. The van der Waals surface area contributed by atoms with Crippen LogP contribution in [0.25, 0.3) is 0 Å². The summed E-state index contributed by atoms with van der Waals surface area (Å²) in [6.07, 6.45) is 0.991. The van der Waals surface area contributed by atoms with E-state index in [-0.39, 0.29) is 11.4 Å². The molecule has 4 nitrogen and oxygen atoms in total. The number of nitrogens with one attached hydrogen (secondary N) is 1. The molecule has 1 aliphatic heterocycles. The second kappa shape index (κ2) is 7.55. The highest BCUT2D eigenvalue weighted by atomic mass is 79.9. The standard InChI is InChI=1S/C14H20Br2N2O2S/c1-3-14(2,18-4-6-20-7-5-18)9-17-13(19)11-8-10(15)12(16)21-11/h8H,3-7,9H2,1-2H3,(H,17,19). The van der Waals surface area contributed by atoms with E-state index in [1.165, 1.54) is 11.3 Å². The van der Waals surface area contributed by atoms with Gasteiger partial charge in [-0.15, -0.1) is 11.3 Å². The van der Waals surface area contributed by atoms with Crippen LogP contribution < -0.4 is 5.32 Å². The Morgan fingerprint density at radius 2 is 2.14 bits per heavy atom. The molecule has 0 spiro atoms. The Labute approximate surface area is 146 Å². The lowest BCUT2D eigenvalue weighted by molar-refractivity contribution is -0.0169. The quantitative estimate of drug-likeness (QED) is 0.763. The van der Waals surface area contributed by atoms with E-state index in [4.69, 9.17) is 4.74 Å². The molecule has 0 radical (unpaired) electrons. The summed E-state index contributed by atoms with van der Waals surface area (Å²) in [5.41, 5.74) is -0.0227. The average Bonchev–Trinajstić information content (AvgIpc) is 2.85. The first-order valence-electron chi connectivity index (χ1n) is 7.02. The van der Waals surface area contributed by atoms with Gasteiger partial charge in [0, 0.05) is 29.6 Å². The van der Waals surface area contributed by atoms with E-state index in [1.54, 1.807) is 0 Å². The molecule has 1 unspecified atom stereocenters. The van der Waals surface area contributed by atoms with Crippen LogP contribution in [0.3, 0.4) is 0 Å². The third-order valence-electron chi connectivity index (χ3n) is 4.03. The highest BCUT2D eigenvalue weighted by Gasteiger charge is 2.31. The molecule has 1 N–H and O–H groups in total. The molecule has 0 bridgehead atoms. The van der Waals surface area contributed by atoms with Gasteiger partial charge in [-0.25, -0.2) is 0 Å². The fraction of sp³-hybridized carbons (Fsp3) is 0.643. The molecule has 118 valence electrons. The summed E-state index contributed by atoms with van der Waals surface area (Å²) in [5.74, 6) is -0.0145. The summed E-state index contributed by atoms with van der Waals surface area (Å²) >= 11 is 8.27.